The number of nitrogens with one attached hydrogen (secondary N) is 3. The summed E-state index contributed by atoms with van der Waals surface area (Å²) in [5.74, 6) is -0.584. The number of anilines is 1. The van der Waals surface area contributed by atoms with E-state index in [1.807, 2.05) is 20.8 Å². The summed E-state index contributed by atoms with van der Waals surface area (Å²) in [5.41, 5.74) is 0.661. The average molecular weight is 559 g/mol. The van der Waals surface area contributed by atoms with Gasteiger partial charge in [-0.3, -0.25) is 5.32 Å². The molecule has 1 heterocycles. The number of aliphatic hydroxyl groups is 1. The molecule has 2 aromatic carbocycles. The van der Waals surface area contributed by atoms with Crippen molar-refractivity contribution in [3.63, 3.8) is 0 Å². The zero-order valence-corrected chi connectivity index (χ0v) is 23.3. The van der Waals surface area contributed by atoms with E-state index in [2.05, 4.69) is 16.0 Å². The Morgan fingerprint density at radius 1 is 1.15 bits per heavy atom. The molecular formula is C28H35FN4O5S. The van der Waals surface area contributed by atoms with Crippen molar-refractivity contribution in [2.45, 2.75) is 56.8 Å². The summed E-state index contributed by atoms with van der Waals surface area (Å²) in [6.45, 7) is 5.87. The fraction of sp³-hybridized carbons (Fsp3) is 0.393. The molecule has 11 heteroatoms. The summed E-state index contributed by atoms with van der Waals surface area (Å²) in [6, 6.07) is 13.4. The van der Waals surface area contributed by atoms with E-state index in [4.69, 9.17) is 4.74 Å². The van der Waals surface area contributed by atoms with E-state index in [9.17, 15) is 22.7 Å². The molecule has 1 aliphatic carbocycles. The van der Waals surface area contributed by atoms with Crippen LogP contribution < -0.4 is 16.0 Å². The first-order valence-electron chi connectivity index (χ1n) is 12.8. The fourth-order valence-corrected chi connectivity index (χ4v) is 5.76. The van der Waals surface area contributed by atoms with Gasteiger partial charge in [0.15, 0.2) is 0 Å². The lowest BCUT2D eigenvalue weighted by Crippen LogP contribution is -2.36. The van der Waals surface area contributed by atoms with Crippen LogP contribution in [-0.4, -0.2) is 49.5 Å². The molecule has 0 radical (unpaired) electrons. The molecule has 1 amide bonds. The highest BCUT2D eigenvalue weighted by molar-refractivity contribution is 7.90. The lowest BCUT2D eigenvalue weighted by Gasteiger charge is -2.30. The van der Waals surface area contributed by atoms with Crippen molar-refractivity contribution in [3.05, 3.63) is 72.2 Å². The number of hydrogen-bond donors (Lipinski definition) is 4. The number of methoxy groups -OCH3 is 1. The minimum Gasteiger partial charge on any atom is -0.453 e. The zero-order valence-electron chi connectivity index (χ0n) is 22.4. The Kier molecular flexibility index (Phi) is 8.34. The van der Waals surface area contributed by atoms with E-state index < -0.39 is 39.6 Å². The molecule has 39 heavy (non-hydrogen) atoms. The van der Waals surface area contributed by atoms with Crippen molar-refractivity contribution in [2.75, 3.05) is 19.0 Å². The smallest absolute Gasteiger partial charge is 0.407 e. The molecule has 3 aromatic rings. The van der Waals surface area contributed by atoms with Crippen molar-refractivity contribution in [1.29, 1.82) is 0 Å². The van der Waals surface area contributed by atoms with Crippen LogP contribution in [0.4, 0.5) is 14.9 Å². The van der Waals surface area contributed by atoms with Gasteiger partial charge in [-0.1, -0.05) is 39.0 Å². The number of rotatable bonds is 10. The number of carbonyl (C=O) groups excluding carboxylic acids is 1. The topological polar surface area (TPSA) is 122 Å². The predicted molar refractivity (Wildman–Crippen MR) is 147 cm³/mol. The van der Waals surface area contributed by atoms with Crippen LogP contribution >= 0.6 is 0 Å². The van der Waals surface area contributed by atoms with E-state index in [1.165, 1.54) is 43.6 Å². The Morgan fingerprint density at radius 3 is 2.51 bits per heavy atom. The van der Waals surface area contributed by atoms with Crippen molar-refractivity contribution >= 4 is 21.8 Å². The van der Waals surface area contributed by atoms with Gasteiger partial charge in [0, 0.05) is 23.5 Å². The lowest BCUT2D eigenvalue weighted by atomic mass is 9.83. The Balaban J connectivity index is 1.75. The summed E-state index contributed by atoms with van der Waals surface area (Å²) in [4.78, 5) is 12.1. The summed E-state index contributed by atoms with van der Waals surface area (Å²) in [7, 11) is -2.96. The number of ether oxygens (including phenoxy) is 1. The van der Waals surface area contributed by atoms with Gasteiger partial charge in [0.1, 0.15) is 12.0 Å². The van der Waals surface area contributed by atoms with Gasteiger partial charge in [0.05, 0.1) is 30.3 Å². The predicted octanol–water partition coefficient (Wildman–Crippen LogP) is 4.46. The number of amides is 1. The largest absolute Gasteiger partial charge is 0.453 e. The summed E-state index contributed by atoms with van der Waals surface area (Å²) >= 11 is 0. The number of aliphatic hydroxyl groups excluding tert-OH is 1. The second kappa shape index (κ2) is 11.4. The van der Waals surface area contributed by atoms with E-state index in [1.54, 1.807) is 24.3 Å². The van der Waals surface area contributed by atoms with Gasteiger partial charge in [0.25, 0.3) is 10.0 Å². The van der Waals surface area contributed by atoms with Crippen LogP contribution in [0, 0.1) is 11.2 Å². The maximum atomic E-state index is 15.0. The molecule has 4 rings (SSSR count). The molecule has 1 saturated carbocycles. The fourth-order valence-electron chi connectivity index (χ4n) is 4.34. The van der Waals surface area contributed by atoms with Gasteiger partial charge >= 0.3 is 6.09 Å². The molecule has 0 aliphatic heterocycles. The normalized spacial score (nSPS) is 15.4. The molecule has 0 saturated heterocycles. The van der Waals surface area contributed by atoms with Gasteiger partial charge in [-0.25, -0.2) is 21.6 Å². The first kappa shape index (κ1) is 28.6. The second-order valence-electron chi connectivity index (χ2n) is 10.7. The van der Waals surface area contributed by atoms with Crippen LogP contribution in [0.1, 0.15) is 45.2 Å². The Labute approximate surface area is 228 Å². The van der Waals surface area contributed by atoms with Crippen LogP contribution in [0.25, 0.3) is 11.3 Å². The third kappa shape index (κ3) is 6.78. The molecule has 9 nitrogen and oxygen atoms in total. The number of benzene rings is 2. The quantitative estimate of drug-likeness (QED) is 0.271. The molecule has 0 bridgehead atoms. The van der Waals surface area contributed by atoms with Gasteiger partial charge in [-0.05, 0) is 60.2 Å². The van der Waals surface area contributed by atoms with Gasteiger partial charge in [0.2, 0.25) is 0 Å². The first-order chi connectivity index (χ1) is 18.4. The Bertz CT molecular complexity index is 1430. The molecule has 1 fully saturated rings. The number of alkyl carbamates (subject to hydrolysis) is 1. The van der Waals surface area contributed by atoms with Crippen LogP contribution in [0.15, 0.2) is 65.7 Å². The van der Waals surface area contributed by atoms with Gasteiger partial charge in [-0.2, -0.15) is 0 Å². The molecule has 210 valence electrons. The third-order valence-electron chi connectivity index (χ3n) is 6.50. The van der Waals surface area contributed by atoms with Crippen LogP contribution in [0.3, 0.4) is 0 Å². The van der Waals surface area contributed by atoms with Gasteiger partial charge < -0.3 is 20.5 Å². The van der Waals surface area contributed by atoms with Crippen molar-refractivity contribution in [2.24, 2.45) is 5.41 Å². The Morgan fingerprint density at radius 2 is 1.87 bits per heavy atom. The molecule has 2 unspecified atom stereocenters. The van der Waals surface area contributed by atoms with Crippen molar-refractivity contribution in [3.8, 4) is 11.3 Å². The zero-order chi connectivity index (χ0) is 28.4. The summed E-state index contributed by atoms with van der Waals surface area (Å²) < 4.78 is 48.8. The van der Waals surface area contributed by atoms with Crippen LogP contribution in [-0.2, 0) is 14.8 Å². The molecule has 0 spiro atoms. The van der Waals surface area contributed by atoms with Crippen molar-refractivity contribution < 1.29 is 27.4 Å². The monoisotopic (exact) mass is 558 g/mol. The first-order valence-corrected chi connectivity index (χ1v) is 14.2. The van der Waals surface area contributed by atoms with Crippen LogP contribution in [0.2, 0.25) is 0 Å². The van der Waals surface area contributed by atoms with Crippen LogP contribution in [0.5, 0.6) is 0 Å². The molecule has 4 N–H and O–H groups in total. The highest BCUT2D eigenvalue weighted by Crippen LogP contribution is 2.38. The number of carbonyl (C=O) groups is 1. The van der Waals surface area contributed by atoms with Gasteiger partial charge in [-0.15, -0.1) is 0 Å². The highest BCUT2D eigenvalue weighted by atomic mass is 32.2. The average Bonchev–Trinajstić information content (AvgIpc) is 3.59. The highest BCUT2D eigenvalue weighted by Gasteiger charge is 2.32. The minimum absolute atomic E-state index is 0.0230. The van der Waals surface area contributed by atoms with E-state index >= 15 is 0 Å². The molecule has 1 aliphatic rings. The maximum absolute atomic E-state index is 15.0. The Hall–Kier alpha value is -3.41. The van der Waals surface area contributed by atoms with Crippen molar-refractivity contribution in [1.82, 2.24) is 14.6 Å². The summed E-state index contributed by atoms with van der Waals surface area (Å²) in [5, 5.41) is 19.0. The molecule has 1 aromatic heterocycles. The minimum atomic E-state index is -4.21. The number of halogens is 1. The molecule has 2 atom stereocenters. The number of aromatic nitrogens is 1. The van der Waals surface area contributed by atoms with E-state index in [0.29, 0.717) is 17.3 Å². The SMILES string of the molecule is COC(=O)NC(c1cc(-c2ccccc2F)n(S(=O)(=O)c2cccc(NCC(O)NC3CC3)c2)c1)C(C)(C)C. The second-order valence-corrected chi connectivity index (χ2v) is 12.6. The maximum Gasteiger partial charge on any atom is 0.407 e. The molecular weight excluding hydrogens is 523 g/mol. The standard InChI is InChI=1S/C28H35FN4O5S/c1-28(2,3)26(32-27(35)38-4)18-14-24(22-10-5-6-11-23(22)29)33(17-18)39(36,37)21-9-7-8-20(15-21)30-16-25(34)31-19-12-13-19/h5-11,14-15,17,19,25-26,30-31,34H,12-13,16H2,1-4H3,(H,32,35). The summed E-state index contributed by atoms with van der Waals surface area (Å²) in [6.07, 6.45) is 2.02. The van der Waals surface area contributed by atoms with E-state index in [-0.39, 0.29) is 22.7 Å². The third-order valence-corrected chi connectivity index (χ3v) is 8.17. The van der Waals surface area contributed by atoms with E-state index in [0.717, 1.165) is 16.8 Å². The number of hydrogen-bond acceptors (Lipinski definition) is 7. The number of nitrogens with zero attached hydrogens (tertiary/aromatic N) is 1. The lowest BCUT2D eigenvalue weighted by molar-refractivity contribution is 0.148.